The largest absolute Gasteiger partial charge is 0.493 e. The minimum atomic E-state index is -0.171. The molecular formula is C23H24N4O4S. The molecule has 0 fully saturated rings. The lowest BCUT2D eigenvalue weighted by Crippen LogP contribution is -2.25. The van der Waals surface area contributed by atoms with Crippen LogP contribution in [0.1, 0.15) is 19.4 Å². The zero-order valence-corrected chi connectivity index (χ0v) is 19.1. The van der Waals surface area contributed by atoms with Gasteiger partial charge in [-0.1, -0.05) is 0 Å². The second kappa shape index (κ2) is 9.27. The second-order valence-electron chi connectivity index (χ2n) is 7.34. The van der Waals surface area contributed by atoms with Gasteiger partial charge >= 0.3 is 0 Å². The first-order valence-corrected chi connectivity index (χ1v) is 10.9. The van der Waals surface area contributed by atoms with E-state index in [-0.39, 0.29) is 18.6 Å². The highest BCUT2D eigenvalue weighted by Crippen LogP contribution is 2.33. The molecule has 1 N–H and O–H groups in total. The Bertz CT molecular complexity index is 1240. The van der Waals surface area contributed by atoms with Gasteiger partial charge in [-0.15, -0.1) is 11.3 Å². The molecule has 1 aliphatic heterocycles. The van der Waals surface area contributed by atoms with Crippen molar-refractivity contribution in [3.63, 3.8) is 0 Å². The summed E-state index contributed by atoms with van der Waals surface area (Å²) in [6, 6.07) is 11.4. The van der Waals surface area contributed by atoms with Gasteiger partial charge in [-0.2, -0.15) is 5.10 Å². The first kappa shape index (κ1) is 21.6. The van der Waals surface area contributed by atoms with Crippen LogP contribution in [-0.2, 0) is 4.79 Å². The Labute approximate surface area is 189 Å². The maximum atomic E-state index is 11.7. The summed E-state index contributed by atoms with van der Waals surface area (Å²) < 4.78 is 18.0. The van der Waals surface area contributed by atoms with E-state index in [0.717, 1.165) is 21.6 Å². The van der Waals surface area contributed by atoms with Gasteiger partial charge in [0, 0.05) is 17.0 Å². The Balaban J connectivity index is 1.77. The van der Waals surface area contributed by atoms with Crippen LogP contribution in [0.5, 0.6) is 17.2 Å². The molecule has 2 heterocycles. The van der Waals surface area contributed by atoms with Gasteiger partial charge in [0.15, 0.2) is 18.1 Å². The van der Waals surface area contributed by atoms with Crippen molar-refractivity contribution < 1.29 is 19.0 Å². The Morgan fingerprint density at radius 2 is 1.97 bits per heavy atom. The number of benzene rings is 2. The molecule has 8 nitrogen and oxygen atoms in total. The van der Waals surface area contributed by atoms with Crippen molar-refractivity contribution in [2.24, 2.45) is 10.1 Å². The molecule has 0 aliphatic carbocycles. The van der Waals surface area contributed by atoms with Gasteiger partial charge in [-0.05, 0) is 55.8 Å². The molecule has 0 saturated carbocycles. The molecule has 1 aliphatic rings. The van der Waals surface area contributed by atoms with Crippen molar-refractivity contribution in [3.8, 4) is 28.5 Å². The molecule has 0 radical (unpaired) electrons. The average molecular weight is 453 g/mol. The van der Waals surface area contributed by atoms with Gasteiger partial charge in [-0.25, -0.2) is 4.68 Å². The third-order valence-corrected chi connectivity index (χ3v) is 5.52. The molecule has 32 heavy (non-hydrogen) atoms. The minimum absolute atomic E-state index is 0.0256. The summed E-state index contributed by atoms with van der Waals surface area (Å²) in [5.74, 6) is 1.76. The van der Waals surface area contributed by atoms with Crippen LogP contribution in [0.4, 0.5) is 5.69 Å². The van der Waals surface area contributed by atoms with Crippen molar-refractivity contribution in [2.45, 2.75) is 19.9 Å². The Morgan fingerprint density at radius 3 is 2.72 bits per heavy atom. The van der Waals surface area contributed by atoms with E-state index in [1.165, 1.54) is 11.3 Å². The molecular weight excluding hydrogens is 428 g/mol. The molecule has 0 bridgehead atoms. The maximum absolute atomic E-state index is 11.7. The number of hydrogen-bond acceptors (Lipinski definition) is 7. The Kier molecular flexibility index (Phi) is 6.27. The number of nitrogens with one attached hydrogen (secondary N) is 1. The lowest BCUT2D eigenvalue weighted by atomic mass is 10.1. The highest BCUT2D eigenvalue weighted by molar-refractivity contribution is 7.07. The van der Waals surface area contributed by atoms with Crippen molar-refractivity contribution in [2.75, 3.05) is 26.1 Å². The number of anilines is 1. The lowest BCUT2D eigenvalue weighted by Gasteiger charge is -2.18. The fourth-order valence-electron chi connectivity index (χ4n) is 3.22. The SMILES string of the molecule is COc1ccc(C=Nn2c(-c3ccc4c(c3)NC(=O)CO4)csc2=NC(C)C)cc1OC. The molecule has 9 heteroatoms. The van der Waals surface area contributed by atoms with Crippen molar-refractivity contribution in [3.05, 3.63) is 52.1 Å². The fraction of sp³-hybridized carbons (Fsp3) is 0.261. The van der Waals surface area contributed by atoms with E-state index in [4.69, 9.17) is 24.3 Å². The van der Waals surface area contributed by atoms with Gasteiger partial charge in [0.2, 0.25) is 4.80 Å². The van der Waals surface area contributed by atoms with E-state index >= 15 is 0 Å². The van der Waals surface area contributed by atoms with E-state index in [0.29, 0.717) is 22.9 Å². The van der Waals surface area contributed by atoms with Gasteiger partial charge in [-0.3, -0.25) is 9.79 Å². The number of amides is 1. The summed E-state index contributed by atoms with van der Waals surface area (Å²) in [4.78, 5) is 17.2. The third kappa shape index (κ3) is 4.52. The van der Waals surface area contributed by atoms with Crippen LogP contribution in [0.25, 0.3) is 11.3 Å². The smallest absolute Gasteiger partial charge is 0.262 e. The van der Waals surface area contributed by atoms with Gasteiger partial charge in [0.05, 0.1) is 31.8 Å². The predicted molar refractivity (Wildman–Crippen MR) is 125 cm³/mol. The molecule has 4 rings (SSSR count). The van der Waals surface area contributed by atoms with Crippen LogP contribution in [0.15, 0.2) is 51.9 Å². The highest BCUT2D eigenvalue weighted by Gasteiger charge is 2.18. The Morgan fingerprint density at radius 1 is 1.16 bits per heavy atom. The van der Waals surface area contributed by atoms with Gasteiger partial charge in [0.25, 0.3) is 5.91 Å². The number of aromatic nitrogens is 1. The van der Waals surface area contributed by atoms with Crippen LogP contribution in [-0.4, -0.2) is 43.7 Å². The first-order valence-electron chi connectivity index (χ1n) is 10.1. The molecule has 1 amide bonds. The summed E-state index contributed by atoms with van der Waals surface area (Å²) >= 11 is 1.51. The summed E-state index contributed by atoms with van der Waals surface area (Å²) in [7, 11) is 3.20. The highest BCUT2D eigenvalue weighted by atomic mass is 32.1. The molecule has 1 aromatic heterocycles. The standard InChI is InChI=1S/C23H24N4O4S/c1-14(2)25-23-27(24-11-15-5-7-20(29-3)21(9-15)30-4)18(13-32-23)16-6-8-19-17(10-16)26-22(28)12-31-19/h5-11,13-14H,12H2,1-4H3,(H,26,28). The van der Waals surface area contributed by atoms with Crippen molar-refractivity contribution in [1.29, 1.82) is 0 Å². The van der Waals surface area contributed by atoms with Crippen LogP contribution >= 0.6 is 11.3 Å². The van der Waals surface area contributed by atoms with Crippen LogP contribution in [0, 0.1) is 0 Å². The fourth-order valence-corrected chi connectivity index (χ4v) is 4.19. The molecule has 3 aromatic rings. The predicted octanol–water partition coefficient (Wildman–Crippen LogP) is 3.76. The van der Waals surface area contributed by atoms with Crippen LogP contribution < -0.4 is 24.3 Å². The number of thiazole rings is 1. The van der Waals surface area contributed by atoms with Crippen LogP contribution in [0.3, 0.4) is 0 Å². The van der Waals surface area contributed by atoms with E-state index < -0.39 is 0 Å². The number of ether oxygens (including phenoxy) is 3. The number of methoxy groups -OCH3 is 2. The molecule has 0 atom stereocenters. The number of nitrogens with zero attached hydrogens (tertiary/aromatic N) is 3. The van der Waals surface area contributed by atoms with E-state index in [1.54, 1.807) is 25.1 Å². The van der Waals surface area contributed by atoms with E-state index in [9.17, 15) is 4.79 Å². The van der Waals surface area contributed by atoms with Crippen LogP contribution in [0.2, 0.25) is 0 Å². The zero-order chi connectivity index (χ0) is 22.7. The quantitative estimate of drug-likeness (QED) is 0.577. The number of hydrogen-bond donors (Lipinski definition) is 1. The molecule has 166 valence electrons. The molecule has 0 spiro atoms. The summed E-state index contributed by atoms with van der Waals surface area (Å²) in [6.45, 7) is 4.07. The Hall–Kier alpha value is -3.59. The van der Waals surface area contributed by atoms with Crippen molar-refractivity contribution in [1.82, 2.24) is 4.68 Å². The summed E-state index contributed by atoms with van der Waals surface area (Å²) in [5, 5.41) is 9.57. The summed E-state index contributed by atoms with van der Waals surface area (Å²) in [5.41, 5.74) is 3.24. The van der Waals surface area contributed by atoms with Gasteiger partial charge < -0.3 is 19.5 Å². The molecule has 0 unspecified atom stereocenters. The average Bonchev–Trinajstić information content (AvgIpc) is 3.18. The maximum Gasteiger partial charge on any atom is 0.262 e. The van der Waals surface area contributed by atoms with Gasteiger partial charge in [0.1, 0.15) is 5.75 Å². The number of carbonyl (C=O) groups excluding carboxylic acids is 1. The zero-order valence-electron chi connectivity index (χ0n) is 18.3. The lowest BCUT2D eigenvalue weighted by molar-refractivity contribution is -0.118. The van der Waals surface area contributed by atoms with Crippen molar-refractivity contribution >= 4 is 29.1 Å². The summed E-state index contributed by atoms with van der Waals surface area (Å²) in [6.07, 6.45) is 1.75. The number of fused-ring (bicyclic) bond motifs is 1. The number of carbonyl (C=O) groups is 1. The molecule has 0 saturated heterocycles. The van der Waals surface area contributed by atoms with E-state index in [2.05, 4.69) is 5.32 Å². The third-order valence-electron chi connectivity index (χ3n) is 4.69. The molecule has 2 aromatic carbocycles. The normalized spacial score (nSPS) is 13.8. The topological polar surface area (TPSA) is 86.4 Å². The minimum Gasteiger partial charge on any atom is -0.493 e. The van der Waals surface area contributed by atoms with E-state index in [1.807, 2.05) is 55.6 Å². The second-order valence-corrected chi connectivity index (χ2v) is 8.18. The number of rotatable bonds is 6. The monoisotopic (exact) mass is 452 g/mol. The first-order chi connectivity index (χ1) is 15.5.